The van der Waals surface area contributed by atoms with Crippen molar-refractivity contribution < 1.29 is 0 Å². The largest absolute Gasteiger partial charge is 0.105 e. The van der Waals surface area contributed by atoms with Crippen molar-refractivity contribution in [1.82, 2.24) is 0 Å². The van der Waals surface area contributed by atoms with Gasteiger partial charge in [0.05, 0.1) is 10.2 Å². The summed E-state index contributed by atoms with van der Waals surface area (Å²) in [5, 5.41) is 1.32. The van der Waals surface area contributed by atoms with Gasteiger partial charge in [-0.25, -0.2) is 0 Å². The smallest absolute Gasteiger partial charge is 0.0716 e. The van der Waals surface area contributed by atoms with Crippen LogP contribution in [0.4, 0.5) is 0 Å². The predicted octanol–water partition coefficient (Wildman–Crippen LogP) is 2.21. The van der Waals surface area contributed by atoms with Crippen molar-refractivity contribution in [3.63, 3.8) is 0 Å². The third-order valence-corrected chi connectivity index (χ3v) is 5.04. The minimum Gasteiger partial charge on any atom is -0.105 e. The van der Waals surface area contributed by atoms with E-state index in [9.17, 15) is 0 Å². The molecular weight excluding hydrogens is 191 g/mol. The first-order valence-corrected chi connectivity index (χ1v) is 7.50. The number of rotatable bonds is 1. The van der Waals surface area contributed by atoms with Crippen molar-refractivity contribution in [2.24, 2.45) is 0 Å². The molecule has 0 N–H and O–H groups in total. The summed E-state index contributed by atoms with van der Waals surface area (Å²) in [7, 11) is 3.88. The molecule has 0 nitrogen and oxygen atoms in total. The third-order valence-electron chi connectivity index (χ3n) is 2.84. The number of hydrogen-bond donors (Lipinski definition) is 0. The van der Waals surface area contributed by atoms with Crippen LogP contribution in [0.5, 0.6) is 0 Å². The summed E-state index contributed by atoms with van der Waals surface area (Å²) in [5.41, 5.74) is 3.99. The Kier molecular flexibility index (Phi) is 2.57. The maximum atomic E-state index is 3.72. The van der Waals surface area contributed by atoms with Crippen LogP contribution in [0.25, 0.3) is 0 Å². The number of aryl methyl sites for hydroxylation is 1. The molecule has 1 aliphatic rings. The van der Waals surface area contributed by atoms with Crippen molar-refractivity contribution in [2.75, 3.05) is 13.3 Å². The summed E-state index contributed by atoms with van der Waals surface area (Å²) >= 11 is 0. The first-order valence-electron chi connectivity index (χ1n) is 4.70. The van der Waals surface area contributed by atoms with E-state index in [1.165, 1.54) is 18.0 Å². The van der Waals surface area contributed by atoms with E-state index in [1.54, 1.807) is 11.1 Å². The van der Waals surface area contributed by atoms with E-state index in [0.29, 0.717) is 0 Å². The summed E-state index contributed by atoms with van der Waals surface area (Å²) in [5.74, 6) is 0. The Morgan fingerprint density at radius 2 is 2.15 bits per heavy atom. The molecule has 2 rings (SSSR count). The van der Waals surface area contributed by atoms with E-state index in [1.807, 2.05) is 0 Å². The highest BCUT2D eigenvalue weighted by Gasteiger charge is 2.25. The fourth-order valence-electron chi connectivity index (χ4n) is 2.18. The normalized spacial score (nSPS) is 20.8. The van der Waals surface area contributed by atoms with Crippen molar-refractivity contribution in [3.8, 4) is 0 Å². The molecule has 0 amide bonds. The van der Waals surface area contributed by atoms with Crippen molar-refractivity contribution >= 4 is 23.4 Å². The molecule has 0 spiro atoms. The van der Waals surface area contributed by atoms with Gasteiger partial charge >= 0.3 is 0 Å². The molecule has 0 aliphatic heterocycles. The second kappa shape index (κ2) is 3.55. The SMILES string of the molecule is CP(C)C1CCc2cccc([Si])c21. The first-order chi connectivity index (χ1) is 6.20. The Morgan fingerprint density at radius 3 is 2.85 bits per heavy atom. The summed E-state index contributed by atoms with van der Waals surface area (Å²) in [6.45, 7) is 4.77. The molecule has 3 radical (unpaired) electrons. The minimum atomic E-state index is 0.164. The fraction of sp³-hybridized carbons (Fsp3) is 0.455. The lowest BCUT2D eigenvalue weighted by Crippen LogP contribution is -2.11. The summed E-state index contributed by atoms with van der Waals surface area (Å²) in [6, 6.07) is 6.60. The number of benzene rings is 1. The van der Waals surface area contributed by atoms with Gasteiger partial charge < -0.3 is 0 Å². The van der Waals surface area contributed by atoms with Gasteiger partial charge in [0.25, 0.3) is 0 Å². The average Bonchev–Trinajstić information content (AvgIpc) is 2.49. The Balaban J connectivity index is 2.46. The number of fused-ring (bicyclic) bond motifs is 1. The monoisotopic (exact) mass is 205 g/mol. The summed E-state index contributed by atoms with van der Waals surface area (Å²) < 4.78 is 0. The Morgan fingerprint density at radius 1 is 1.38 bits per heavy atom. The van der Waals surface area contributed by atoms with Gasteiger partial charge in [0, 0.05) is 5.66 Å². The van der Waals surface area contributed by atoms with Crippen LogP contribution in [-0.2, 0) is 6.42 Å². The molecule has 1 atom stereocenters. The van der Waals surface area contributed by atoms with Crippen molar-refractivity contribution in [2.45, 2.75) is 18.5 Å². The van der Waals surface area contributed by atoms with Gasteiger partial charge in [0.2, 0.25) is 0 Å². The molecular formula is C11H14PSi. The van der Waals surface area contributed by atoms with E-state index in [2.05, 4.69) is 41.8 Å². The lowest BCUT2D eigenvalue weighted by Gasteiger charge is -2.18. The molecule has 0 bridgehead atoms. The molecule has 2 heteroatoms. The molecule has 0 heterocycles. The molecule has 1 aromatic carbocycles. The Bertz CT molecular complexity index is 320. The second-order valence-corrected chi connectivity index (χ2v) is 6.99. The molecule has 0 fully saturated rings. The maximum Gasteiger partial charge on any atom is 0.0716 e. The molecule has 0 aromatic heterocycles. The van der Waals surface area contributed by atoms with E-state index in [-0.39, 0.29) is 7.92 Å². The molecule has 1 aromatic rings. The number of hydrogen-bond acceptors (Lipinski definition) is 0. The van der Waals surface area contributed by atoms with Crippen molar-refractivity contribution in [1.29, 1.82) is 0 Å². The van der Waals surface area contributed by atoms with Crippen LogP contribution in [0, 0.1) is 0 Å². The summed E-state index contributed by atoms with van der Waals surface area (Å²) in [6.07, 6.45) is 2.63. The van der Waals surface area contributed by atoms with Gasteiger partial charge in [-0.05, 0) is 37.3 Å². The highest BCUT2D eigenvalue weighted by atomic mass is 31.1. The Hall–Kier alpha value is -0.133. The van der Waals surface area contributed by atoms with Gasteiger partial charge in [-0.3, -0.25) is 0 Å². The quantitative estimate of drug-likeness (QED) is 0.487. The summed E-state index contributed by atoms with van der Waals surface area (Å²) in [4.78, 5) is 0. The van der Waals surface area contributed by atoms with Crippen LogP contribution < -0.4 is 5.19 Å². The zero-order valence-corrected chi connectivity index (χ0v) is 10.1. The molecule has 67 valence electrons. The van der Waals surface area contributed by atoms with Crippen LogP contribution >= 0.6 is 7.92 Å². The van der Waals surface area contributed by atoms with Gasteiger partial charge in [0.15, 0.2) is 0 Å². The van der Waals surface area contributed by atoms with Gasteiger partial charge in [-0.1, -0.05) is 23.4 Å². The topological polar surface area (TPSA) is 0 Å². The average molecular weight is 205 g/mol. The van der Waals surface area contributed by atoms with Crippen LogP contribution in [-0.4, -0.2) is 23.6 Å². The molecule has 0 saturated heterocycles. The highest BCUT2D eigenvalue weighted by molar-refractivity contribution is 7.56. The first kappa shape index (κ1) is 9.42. The zero-order valence-electron chi connectivity index (χ0n) is 8.17. The fourth-order valence-corrected chi connectivity index (χ4v) is 4.20. The van der Waals surface area contributed by atoms with Gasteiger partial charge in [0.1, 0.15) is 0 Å². The highest BCUT2D eigenvalue weighted by Crippen LogP contribution is 2.51. The van der Waals surface area contributed by atoms with Crippen molar-refractivity contribution in [3.05, 3.63) is 29.3 Å². The molecule has 0 saturated carbocycles. The Labute approximate surface area is 84.9 Å². The minimum absolute atomic E-state index is 0.164. The van der Waals surface area contributed by atoms with E-state index >= 15 is 0 Å². The lowest BCUT2D eigenvalue weighted by molar-refractivity contribution is 0.883. The van der Waals surface area contributed by atoms with E-state index in [4.69, 9.17) is 0 Å². The molecule has 13 heavy (non-hydrogen) atoms. The second-order valence-electron chi connectivity index (χ2n) is 3.90. The zero-order chi connectivity index (χ0) is 9.42. The van der Waals surface area contributed by atoms with Gasteiger partial charge in [-0.2, -0.15) is 0 Å². The standard InChI is InChI=1S/C11H14PSi/c1-12(2)9-7-6-8-4-3-5-10(13)11(8)9/h3-5,9H,6-7H2,1-2H3. The van der Waals surface area contributed by atoms with E-state index < -0.39 is 0 Å². The predicted molar refractivity (Wildman–Crippen MR) is 61.7 cm³/mol. The van der Waals surface area contributed by atoms with E-state index in [0.717, 1.165) is 5.66 Å². The lowest BCUT2D eigenvalue weighted by atomic mass is 10.1. The maximum absolute atomic E-state index is 3.72. The van der Waals surface area contributed by atoms with Crippen LogP contribution in [0.15, 0.2) is 18.2 Å². The third kappa shape index (κ3) is 1.60. The van der Waals surface area contributed by atoms with Crippen LogP contribution in [0.2, 0.25) is 0 Å². The van der Waals surface area contributed by atoms with Crippen LogP contribution in [0.1, 0.15) is 23.2 Å². The van der Waals surface area contributed by atoms with Gasteiger partial charge in [-0.15, -0.1) is 7.92 Å². The molecule has 1 aliphatic carbocycles. The van der Waals surface area contributed by atoms with Crippen LogP contribution in [0.3, 0.4) is 0 Å². The molecule has 1 unspecified atom stereocenters.